The Balaban J connectivity index is 1.57. The number of aliphatic hydroxyl groups excluding tert-OH is 1. The molecule has 0 aromatic heterocycles. The van der Waals surface area contributed by atoms with E-state index in [0.29, 0.717) is 18.4 Å². The zero-order valence-electron chi connectivity index (χ0n) is 21.0. The van der Waals surface area contributed by atoms with Gasteiger partial charge in [-0.1, -0.05) is 19.9 Å². The quantitative estimate of drug-likeness (QED) is 0.666. The number of hydrogen-bond donors (Lipinski definition) is 1. The molecule has 188 valence electrons. The van der Waals surface area contributed by atoms with Gasteiger partial charge in [0.2, 0.25) is 0 Å². The molecule has 6 nitrogen and oxygen atoms in total. The van der Waals surface area contributed by atoms with Crippen LogP contribution in [0.15, 0.2) is 23.8 Å². The van der Waals surface area contributed by atoms with Crippen molar-refractivity contribution in [1.29, 1.82) is 0 Å². The molecule has 34 heavy (non-hydrogen) atoms. The predicted molar refractivity (Wildman–Crippen MR) is 123 cm³/mol. The smallest absolute Gasteiger partial charge is 0.193 e. The van der Waals surface area contributed by atoms with Gasteiger partial charge in [0, 0.05) is 16.7 Å². The lowest BCUT2D eigenvalue weighted by atomic mass is 9.46. The van der Waals surface area contributed by atoms with Crippen molar-refractivity contribution in [3.63, 3.8) is 0 Å². The Bertz CT molecular complexity index is 970. The van der Waals surface area contributed by atoms with Gasteiger partial charge in [-0.2, -0.15) is 0 Å². The average Bonchev–Trinajstić information content (AvgIpc) is 3.13. The summed E-state index contributed by atoms with van der Waals surface area (Å²) in [5.74, 6) is -1.84. The summed E-state index contributed by atoms with van der Waals surface area (Å²) in [5, 5.41) is 11.6. The lowest BCUT2D eigenvalue weighted by Gasteiger charge is -2.60. The van der Waals surface area contributed by atoms with Crippen LogP contribution in [0.1, 0.15) is 60.8 Å². The molecule has 0 bridgehead atoms. The summed E-state index contributed by atoms with van der Waals surface area (Å²) in [7, 11) is 0. The standard InChI is InChI=1S/C27H37FO6/c1-14(2)32-13-21(31)27-22(33-24(3,4)34-27)11-17-16-10-19(28)18-9-15(29)7-8-25(18,5)23(16)20(30)12-26(17,27)6/h7-9,14,16-17,19-20,22-23,30H,10-13H2,1-6H3/t16?,17?,19-,20-,22+,23?,25-,26-,27+/m0/s1. The minimum Gasteiger partial charge on any atom is -0.393 e. The number of ether oxygens (including phenoxy) is 3. The normalized spacial score (nSPS) is 48.7. The average molecular weight is 477 g/mol. The molecule has 0 aromatic rings. The van der Waals surface area contributed by atoms with E-state index in [1.54, 1.807) is 6.08 Å². The maximum absolute atomic E-state index is 15.6. The molecule has 0 radical (unpaired) electrons. The number of carbonyl (C=O) groups excluding carboxylic acids is 2. The number of allylic oxidation sites excluding steroid dienone is 4. The lowest BCUT2D eigenvalue weighted by Crippen LogP contribution is -2.64. The van der Waals surface area contributed by atoms with E-state index in [-0.39, 0.29) is 48.5 Å². The van der Waals surface area contributed by atoms with E-state index in [1.165, 1.54) is 12.2 Å². The molecule has 4 fully saturated rings. The van der Waals surface area contributed by atoms with Gasteiger partial charge in [0.15, 0.2) is 23.0 Å². The fourth-order valence-electron chi connectivity index (χ4n) is 8.28. The van der Waals surface area contributed by atoms with E-state index >= 15 is 4.39 Å². The first kappa shape index (κ1) is 24.3. The zero-order chi connectivity index (χ0) is 24.8. The van der Waals surface area contributed by atoms with Gasteiger partial charge in [-0.3, -0.25) is 9.59 Å². The first-order valence-corrected chi connectivity index (χ1v) is 12.6. The number of alkyl halides is 1. The highest BCUT2D eigenvalue weighted by atomic mass is 19.1. The van der Waals surface area contributed by atoms with Crippen molar-refractivity contribution < 1.29 is 33.3 Å². The van der Waals surface area contributed by atoms with Crippen molar-refractivity contribution in [2.24, 2.45) is 28.6 Å². The summed E-state index contributed by atoms with van der Waals surface area (Å²) in [4.78, 5) is 25.8. The molecule has 3 unspecified atom stereocenters. The minimum atomic E-state index is -1.27. The van der Waals surface area contributed by atoms with Crippen LogP contribution in [0.3, 0.4) is 0 Å². The van der Waals surface area contributed by atoms with Crippen molar-refractivity contribution in [2.75, 3.05) is 6.61 Å². The number of rotatable bonds is 4. The molecular weight excluding hydrogens is 439 g/mol. The van der Waals surface area contributed by atoms with E-state index in [4.69, 9.17) is 14.2 Å². The highest BCUT2D eigenvalue weighted by Gasteiger charge is 2.77. The molecule has 0 amide bonds. The molecule has 5 aliphatic rings. The molecule has 0 aromatic carbocycles. The van der Waals surface area contributed by atoms with Crippen LogP contribution < -0.4 is 0 Å². The van der Waals surface area contributed by atoms with Crippen molar-refractivity contribution in [3.8, 4) is 0 Å². The molecule has 1 N–H and O–H groups in total. The summed E-state index contributed by atoms with van der Waals surface area (Å²) in [6, 6.07) is 0. The topological polar surface area (TPSA) is 82.1 Å². The van der Waals surface area contributed by atoms with Crippen molar-refractivity contribution >= 4 is 11.6 Å². The van der Waals surface area contributed by atoms with Gasteiger partial charge >= 0.3 is 0 Å². The molecule has 1 heterocycles. The minimum absolute atomic E-state index is 0.0762. The van der Waals surface area contributed by atoms with Gasteiger partial charge in [-0.25, -0.2) is 4.39 Å². The van der Waals surface area contributed by atoms with Gasteiger partial charge in [-0.05, 0) is 76.5 Å². The van der Waals surface area contributed by atoms with Crippen LogP contribution >= 0.6 is 0 Å². The molecule has 1 aliphatic heterocycles. The molecule has 3 saturated carbocycles. The second-order valence-electron chi connectivity index (χ2n) is 12.2. The number of aliphatic hydroxyl groups is 1. The van der Waals surface area contributed by atoms with Gasteiger partial charge in [0.25, 0.3) is 0 Å². The maximum Gasteiger partial charge on any atom is 0.193 e. The highest BCUT2D eigenvalue weighted by Crippen LogP contribution is 2.70. The van der Waals surface area contributed by atoms with Crippen LogP contribution in [0, 0.1) is 28.6 Å². The van der Waals surface area contributed by atoms with E-state index in [2.05, 4.69) is 0 Å². The summed E-state index contributed by atoms with van der Waals surface area (Å²) in [5.41, 5.74) is -2.28. The van der Waals surface area contributed by atoms with E-state index in [1.807, 2.05) is 41.5 Å². The molecule has 4 aliphatic carbocycles. The van der Waals surface area contributed by atoms with Gasteiger partial charge < -0.3 is 19.3 Å². The van der Waals surface area contributed by atoms with E-state index in [0.717, 1.165) is 0 Å². The Kier molecular flexibility index (Phi) is 5.39. The van der Waals surface area contributed by atoms with Crippen LogP contribution in [0.4, 0.5) is 4.39 Å². The molecule has 5 rings (SSSR count). The monoisotopic (exact) mass is 476 g/mol. The van der Waals surface area contributed by atoms with Crippen LogP contribution in [0.2, 0.25) is 0 Å². The SMILES string of the molecule is CC(C)OCC(=O)[C@@]12OC(C)(C)O[C@@H]1CC1C3C[C@H](F)C4=CC(=O)C=C[C@]4(C)C3[C@@H](O)C[C@@]12C. The molecule has 0 spiro atoms. The van der Waals surface area contributed by atoms with Gasteiger partial charge in [0.1, 0.15) is 12.8 Å². The third-order valence-corrected chi connectivity index (χ3v) is 9.43. The van der Waals surface area contributed by atoms with Crippen LogP contribution in [-0.4, -0.2) is 59.2 Å². The van der Waals surface area contributed by atoms with Crippen LogP contribution in [0.25, 0.3) is 0 Å². The number of Topliss-reactive ketones (excluding diaryl/α,β-unsaturated/α-hetero) is 1. The molecule has 9 atom stereocenters. The Morgan fingerprint density at radius 2 is 1.97 bits per heavy atom. The Hall–Kier alpha value is -1.41. The maximum atomic E-state index is 15.6. The van der Waals surface area contributed by atoms with Gasteiger partial charge in [-0.15, -0.1) is 0 Å². The zero-order valence-corrected chi connectivity index (χ0v) is 21.0. The van der Waals surface area contributed by atoms with E-state index in [9.17, 15) is 14.7 Å². The summed E-state index contributed by atoms with van der Waals surface area (Å²) in [6.07, 6.45) is 3.14. The van der Waals surface area contributed by atoms with Gasteiger partial charge in [0.05, 0.1) is 18.3 Å². The number of hydrogen-bond acceptors (Lipinski definition) is 6. The number of halogens is 1. The second-order valence-corrected chi connectivity index (χ2v) is 12.2. The number of carbonyl (C=O) groups is 2. The fourth-order valence-corrected chi connectivity index (χ4v) is 8.28. The highest BCUT2D eigenvalue weighted by molar-refractivity contribution is 6.01. The Morgan fingerprint density at radius 3 is 2.65 bits per heavy atom. The summed E-state index contributed by atoms with van der Waals surface area (Å²) < 4.78 is 34.1. The van der Waals surface area contributed by atoms with Crippen LogP contribution in [0.5, 0.6) is 0 Å². The number of fused-ring (bicyclic) bond motifs is 7. The van der Waals surface area contributed by atoms with Crippen molar-refractivity contribution in [1.82, 2.24) is 0 Å². The largest absolute Gasteiger partial charge is 0.393 e. The lowest BCUT2D eigenvalue weighted by molar-refractivity contribution is -0.227. The third-order valence-electron chi connectivity index (χ3n) is 9.43. The third kappa shape index (κ3) is 3.12. The summed E-state index contributed by atoms with van der Waals surface area (Å²) in [6.45, 7) is 11.2. The van der Waals surface area contributed by atoms with Crippen molar-refractivity contribution in [2.45, 2.75) is 96.7 Å². The Morgan fingerprint density at radius 1 is 1.26 bits per heavy atom. The predicted octanol–water partition coefficient (Wildman–Crippen LogP) is 3.71. The number of ketones is 2. The first-order valence-electron chi connectivity index (χ1n) is 12.6. The molecule has 1 saturated heterocycles. The molecule has 7 heteroatoms. The second kappa shape index (κ2) is 7.55. The fraction of sp³-hybridized carbons (Fsp3) is 0.778. The molecular formula is C27H37FO6. The van der Waals surface area contributed by atoms with Crippen molar-refractivity contribution in [3.05, 3.63) is 23.8 Å². The summed E-state index contributed by atoms with van der Waals surface area (Å²) >= 11 is 0. The Labute approximate surface area is 200 Å². The van der Waals surface area contributed by atoms with E-state index < -0.39 is 40.6 Å². The first-order chi connectivity index (χ1) is 15.7. The van der Waals surface area contributed by atoms with Crippen LogP contribution in [-0.2, 0) is 23.8 Å².